The monoisotopic (exact) mass is 242 g/mol. The molecule has 0 aromatic heterocycles. The van der Waals surface area contributed by atoms with Crippen molar-refractivity contribution in [1.29, 1.82) is 0 Å². The van der Waals surface area contributed by atoms with Gasteiger partial charge in [-0.05, 0) is 33.1 Å². The average Bonchev–Trinajstić information content (AvgIpc) is 2.59. The van der Waals surface area contributed by atoms with Crippen molar-refractivity contribution in [2.75, 3.05) is 18.8 Å². The molecule has 0 bridgehead atoms. The van der Waals surface area contributed by atoms with Gasteiger partial charge >= 0.3 is 0 Å². The van der Waals surface area contributed by atoms with E-state index in [0.717, 1.165) is 18.8 Å². The van der Waals surface area contributed by atoms with E-state index >= 15 is 0 Å². The number of rotatable bonds is 2. The summed E-state index contributed by atoms with van der Waals surface area (Å²) in [5.41, 5.74) is 0.192. The second-order valence-electron chi connectivity index (χ2n) is 5.47. The molecule has 2 fully saturated rings. The van der Waals surface area contributed by atoms with Crippen molar-refractivity contribution in [1.82, 2.24) is 10.2 Å². The minimum absolute atomic E-state index is 0.192. The molecule has 1 atom stereocenters. The van der Waals surface area contributed by atoms with E-state index in [9.17, 15) is 4.79 Å². The van der Waals surface area contributed by atoms with Crippen LogP contribution in [0.2, 0.25) is 0 Å². The smallest absolute Gasteiger partial charge is 0.225 e. The topological polar surface area (TPSA) is 32.3 Å². The van der Waals surface area contributed by atoms with Gasteiger partial charge in [-0.2, -0.15) is 0 Å². The van der Waals surface area contributed by atoms with E-state index in [1.807, 2.05) is 16.7 Å². The number of nitrogens with zero attached hydrogens (tertiary/aromatic N) is 1. The molecule has 2 aliphatic heterocycles. The first-order valence-electron chi connectivity index (χ1n) is 6.24. The fraction of sp³-hybridized carbons (Fsp3) is 0.917. The van der Waals surface area contributed by atoms with Crippen LogP contribution >= 0.6 is 11.8 Å². The fourth-order valence-corrected chi connectivity index (χ4v) is 3.73. The molecule has 1 amide bonds. The van der Waals surface area contributed by atoms with Crippen LogP contribution < -0.4 is 5.32 Å². The van der Waals surface area contributed by atoms with Crippen LogP contribution in [0.5, 0.6) is 0 Å². The third kappa shape index (κ3) is 3.14. The highest BCUT2D eigenvalue weighted by Gasteiger charge is 2.32. The van der Waals surface area contributed by atoms with Gasteiger partial charge in [0.05, 0.1) is 11.8 Å². The Morgan fingerprint density at radius 2 is 2.06 bits per heavy atom. The summed E-state index contributed by atoms with van der Waals surface area (Å²) in [6.45, 7) is 6.34. The molecule has 1 N–H and O–H groups in total. The highest BCUT2D eigenvalue weighted by atomic mass is 32.2. The molecule has 2 aliphatic rings. The van der Waals surface area contributed by atoms with Gasteiger partial charge in [-0.1, -0.05) is 0 Å². The molecule has 0 radical (unpaired) electrons. The molecular weight excluding hydrogens is 220 g/mol. The zero-order chi connectivity index (χ0) is 11.6. The van der Waals surface area contributed by atoms with Gasteiger partial charge in [0, 0.05) is 24.4 Å². The first kappa shape index (κ1) is 12.2. The van der Waals surface area contributed by atoms with Crippen LogP contribution in [0.3, 0.4) is 0 Å². The van der Waals surface area contributed by atoms with E-state index in [-0.39, 0.29) is 5.54 Å². The zero-order valence-electron chi connectivity index (χ0n) is 10.3. The maximum atomic E-state index is 12.0. The molecule has 2 rings (SSSR count). The lowest BCUT2D eigenvalue weighted by Gasteiger charge is -2.28. The number of hydrogen-bond donors (Lipinski definition) is 1. The summed E-state index contributed by atoms with van der Waals surface area (Å²) in [5.74, 6) is 1.44. The molecule has 0 aromatic rings. The van der Waals surface area contributed by atoms with Crippen LogP contribution in [0.15, 0.2) is 0 Å². The lowest BCUT2D eigenvalue weighted by atomic mass is 10.1. The molecule has 3 nitrogen and oxygen atoms in total. The molecule has 2 saturated heterocycles. The van der Waals surface area contributed by atoms with Gasteiger partial charge in [-0.25, -0.2) is 0 Å². The van der Waals surface area contributed by atoms with Crippen molar-refractivity contribution < 1.29 is 4.79 Å². The van der Waals surface area contributed by atoms with E-state index in [4.69, 9.17) is 0 Å². The molecule has 0 spiro atoms. The van der Waals surface area contributed by atoms with Crippen LogP contribution in [0.25, 0.3) is 0 Å². The maximum Gasteiger partial charge on any atom is 0.225 e. The normalized spacial score (nSPS) is 29.4. The van der Waals surface area contributed by atoms with Crippen molar-refractivity contribution in [3.8, 4) is 0 Å². The van der Waals surface area contributed by atoms with Gasteiger partial charge in [0.1, 0.15) is 0 Å². The van der Waals surface area contributed by atoms with Crippen LogP contribution in [0, 0.1) is 0 Å². The Morgan fingerprint density at radius 1 is 1.38 bits per heavy atom. The van der Waals surface area contributed by atoms with Crippen LogP contribution in [-0.4, -0.2) is 40.6 Å². The second-order valence-corrected chi connectivity index (χ2v) is 6.66. The summed E-state index contributed by atoms with van der Waals surface area (Å²) >= 11 is 1.88. The van der Waals surface area contributed by atoms with Crippen molar-refractivity contribution >= 4 is 17.7 Å². The van der Waals surface area contributed by atoms with E-state index in [0.29, 0.717) is 17.7 Å². The summed E-state index contributed by atoms with van der Waals surface area (Å²) in [7, 11) is 0. The highest BCUT2D eigenvalue weighted by Crippen LogP contribution is 2.28. The van der Waals surface area contributed by atoms with Gasteiger partial charge in [0.15, 0.2) is 0 Å². The predicted octanol–water partition coefficient (Wildman–Crippen LogP) is 1.83. The Kier molecular flexibility index (Phi) is 3.80. The molecule has 0 aromatic carbocycles. The second kappa shape index (κ2) is 4.96. The molecule has 92 valence electrons. The third-order valence-electron chi connectivity index (χ3n) is 3.27. The highest BCUT2D eigenvalue weighted by molar-refractivity contribution is 8.00. The SMILES string of the molecule is CC1(C)CSC(CC(=O)N2CCCCC2)N1. The van der Waals surface area contributed by atoms with Crippen LogP contribution in [-0.2, 0) is 4.79 Å². The number of piperidine rings is 1. The molecular formula is C12H22N2OS. The van der Waals surface area contributed by atoms with Gasteiger partial charge in [0.25, 0.3) is 0 Å². The fourth-order valence-electron chi connectivity index (χ4n) is 2.37. The Hall–Kier alpha value is -0.220. The van der Waals surface area contributed by atoms with Crippen LogP contribution in [0.4, 0.5) is 0 Å². The Labute approximate surface area is 102 Å². The number of amides is 1. The first-order chi connectivity index (χ1) is 7.57. The summed E-state index contributed by atoms with van der Waals surface area (Å²) in [6.07, 6.45) is 4.31. The molecule has 0 saturated carbocycles. The van der Waals surface area contributed by atoms with Gasteiger partial charge in [-0.3, -0.25) is 10.1 Å². The number of likely N-dealkylation sites (tertiary alicyclic amines) is 1. The Bertz CT molecular complexity index is 262. The van der Waals surface area contributed by atoms with Crippen molar-refractivity contribution in [3.63, 3.8) is 0 Å². The molecule has 1 unspecified atom stereocenters. The van der Waals surface area contributed by atoms with Crippen molar-refractivity contribution in [3.05, 3.63) is 0 Å². The minimum Gasteiger partial charge on any atom is -0.343 e. The number of carbonyl (C=O) groups is 1. The lowest BCUT2D eigenvalue weighted by molar-refractivity contribution is -0.132. The maximum absolute atomic E-state index is 12.0. The first-order valence-corrected chi connectivity index (χ1v) is 7.29. The van der Waals surface area contributed by atoms with E-state index in [2.05, 4.69) is 19.2 Å². The predicted molar refractivity (Wildman–Crippen MR) is 68.5 cm³/mol. The van der Waals surface area contributed by atoms with E-state index in [1.54, 1.807) is 0 Å². The van der Waals surface area contributed by atoms with Crippen molar-refractivity contribution in [2.45, 2.75) is 50.4 Å². The minimum atomic E-state index is 0.192. The Morgan fingerprint density at radius 3 is 2.62 bits per heavy atom. The summed E-state index contributed by atoms with van der Waals surface area (Å²) in [4.78, 5) is 14.1. The quantitative estimate of drug-likeness (QED) is 0.802. The number of carbonyl (C=O) groups excluding carboxylic acids is 1. The average molecular weight is 242 g/mol. The number of nitrogens with one attached hydrogen (secondary N) is 1. The molecule has 4 heteroatoms. The zero-order valence-corrected chi connectivity index (χ0v) is 11.1. The number of hydrogen-bond acceptors (Lipinski definition) is 3. The lowest BCUT2D eigenvalue weighted by Crippen LogP contribution is -2.42. The van der Waals surface area contributed by atoms with Crippen molar-refractivity contribution in [2.24, 2.45) is 0 Å². The van der Waals surface area contributed by atoms with Crippen LogP contribution in [0.1, 0.15) is 39.5 Å². The standard InChI is InChI=1S/C12H22N2OS/c1-12(2)9-16-10(13-12)8-11(15)14-6-4-3-5-7-14/h10,13H,3-9H2,1-2H3. The summed E-state index contributed by atoms with van der Waals surface area (Å²) in [5, 5.41) is 3.84. The molecule has 2 heterocycles. The van der Waals surface area contributed by atoms with Gasteiger partial charge in [0.2, 0.25) is 5.91 Å². The largest absolute Gasteiger partial charge is 0.343 e. The third-order valence-corrected chi connectivity index (χ3v) is 4.84. The summed E-state index contributed by atoms with van der Waals surface area (Å²) in [6, 6.07) is 0. The van der Waals surface area contributed by atoms with E-state index < -0.39 is 0 Å². The Balaban J connectivity index is 1.79. The van der Waals surface area contributed by atoms with Gasteiger partial charge < -0.3 is 4.90 Å². The molecule has 16 heavy (non-hydrogen) atoms. The molecule has 0 aliphatic carbocycles. The summed E-state index contributed by atoms with van der Waals surface area (Å²) < 4.78 is 0. The number of thioether (sulfide) groups is 1. The van der Waals surface area contributed by atoms with E-state index in [1.165, 1.54) is 19.3 Å². The van der Waals surface area contributed by atoms with Gasteiger partial charge in [-0.15, -0.1) is 11.8 Å².